The molecular formula is C20H23FN4O. The third kappa shape index (κ3) is 3.29. The number of nitrogens with zero attached hydrogens (tertiary/aromatic N) is 4. The molecule has 0 spiro atoms. The second-order valence-electron chi connectivity index (χ2n) is 6.99. The van der Waals surface area contributed by atoms with Crippen molar-refractivity contribution in [3.63, 3.8) is 0 Å². The lowest BCUT2D eigenvalue weighted by atomic mass is 10.1. The summed E-state index contributed by atoms with van der Waals surface area (Å²) in [6, 6.07) is 8.89. The molecule has 6 heteroatoms. The first-order valence-corrected chi connectivity index (χ1v) is 8.94. The van der Waals surface area contributed by atoms with E-state index >= 15 is 0 Å². The highest BCUT2D eigenvalue weighted by Crippen LogP contribution is 2.29. The third-order valence-electron chi connectivity index (χ3n) is 4.84. The molecule has 5 nitrogen and oxygen atoms in total. The topological polar surface area (TPSA) is 43.2 Å². The Bertz CT molecular complexity index is 952. The Balaban J connectivity index is 1.63. The number of hydrogen-bond donors (Lipinski definition) is 0. The highest BCUT2D eigenvalue weighted by atomic mass is 19.1. The number of pyridine rings is 1. The van der Waals surface area contributed by atoms with E-state index in [9.17, 15) is 4.39 Å². The molecule has 3 aromatic rings. The van der Waals surface area contributed by atoms with Crippen LogP contribution in [0.15, 0.2) is 30.3 Å². The SMILES string of the molecule is Cc1cc(N2CCOC(Cn3nc(C)cc3C)C2)c2cc(F)ccc2n1. The van der Waals surface area contributed by atoms with Crippen molar-refractivity contribution in [3.8, 4) is 0 Å². The standard InChI is InChI=1S/C20H23FN4O/c1-13-9-20(18-10-16(21)4-5-19(18)22-13)24-6-7-26-17(11-24)12-25-15(3)8-14(2)23-25/h4-5,8-10,17H,6-7,11-12H2,1-3H3. The van der Waals surface area contributed by atoms with Crippen LogP contribution in [0.25, 0.3) is 10.9 Å². The predicted octanol–water partition coefficient (Wildman–Crippen LogP) is 3.40. The van der Waals surface area contributed by atoms with Crippen LogP contribution in [0.4, 0.5) is 10.1 Å². The van der Waals surface area contributed by atoms with Crippen LogP contribution < -0.4 is 4.90 Å². The monoisotopic (exact) mass is 354 g/mol. The predicted molar refractivity (Wildman–Crippen MR) is 100 cm³/mol. The average Bonchev–Trinajstić information content (AvgIpc) is 2.92. The largest absolute Gasteiger partial charge is 0.373 e. The maximum Gasteiger partial charge on any atom is 0.124 e. The highest BCUT2D eigenvalue weighted by Gasteiger charge is 2.23. The van der Waals surface area contributed by atoms with Crippen LogP contribution >= 0.6 is 0 Å². The highest BCUT2D eigenvalue weighted by molar-refractivity contribution is 5.92. The molecule has 3 heterocycles. The molecule has 0 amide bonds. The molecule has 1 saturated heterocycles. The van der Waals surface area contributed by atoms with Gasteiger partial charge in [-0.15, -0.1) is 0 Å². The van der Waals surface area contributed by atoms with Crippen molar-refractivity contribution in [2.75, 3.05) is 24.6 Å². The molecule has 1 aromatic carbocycles. The molecule has 4 rings (SSSR count). The molecule has 2 aromatic heterocycles. The van der Waals surface area contributed by atoms with E-state index in [4.69, 9.17) is 4.74 Å². The van der Waals surface area contributed by atoms with Crippen molar-refractivity contribution >= 4 is 16.6 Å². The summed E-state index contributed by atoms with van der Waals surface area (Å²) in [4.78, 5) is 6.81. The number of anilines is 1. The Morgan fingerprint density at radius 3 is 2.77 bits per heavy atom. The number of ether oxygens (including phenoxy) is 1. The van der Waals surface area contributed by atoms with Gasteiger partial charge in [0.05, 0.1) is 30.5 Å². The van der Waals surface area contributed by atoms with Gasteiger partial charge in [-0.1, -0.05) is 0 Å². The van der Waals surface area contributed by atoms with Crippen molar-refractivity contribution < 1.29 is 9.13 Å². The van der Waals surface area contributed by atoms with Crippen molar-refractivity contribution in [2.45, 2.75) is 33.4 Å². The Morgan fingerprint density at radius 1 is 1.15 bits per heavy atom. The zero-order valence-electron chi connectivity index (χ0n) is 15.4. The summed E-state index contributed by atoms with van der Waals surface area (Å²) < 4.78 is 21.8. The van der Waals surface area contributed by atoms with Crippen LogP contribution in [0.5, 0.6) is 0 Å². The van der Waals surface area contributed by atoms with Crippen LogP contribution in [-0.2, 0) is 11.3 Å². The lowest BCUT2D eigenvalue weighted by molar-refractivity contribution is 0.0271. The Labute approximate surface area is 152 Å². The van der Waals surface area contributed by atoms with Gasteiger partial charge in [-0.3, -0.25) is 9.67 Å². The lowest BCUT2D eigenvalue weighted by Crippen LogP contribution is -2.44. The van der Waals surface area contributed by atoms with E-state index in [1.807, 2.05) is 24.6 Å². The molecule has 1 atom stereocenters. The number of morpholine rings is 1. The maximum absolute atomic E-state index is 13.8. The molecule has 0 aliphatic carbocycles. The second-order valence-corrected chi connectivity index (χ2v) is 6.99. The minimum atomic E-state index is -0.239. The van der Waals surface area contributed by atoms with Gasteiger partial charge in [-0.2, -0.15) is 5.10 Å². The van der Waals surface area contributed by atoms with E-state index in [0.29, 0.717) is 13.2 Å². The van der Waals surface area contributed by atoms with Crippen LogP contribution in [0.2, 0.25) is 0 Å². The van der Waals surface area contributed by atoms with Crippen molar-refractivity contribution in [3.05, 3.63) is 53.2 Å². The minimum Gasteiger partial charge on any atom is -0.373 e. The second kappa shape index (κ2) is 6.68. The number of fused-ring (bicyclic) bond motifs is 1. The summed E-state index contributed by atoms with van der Waals surface area (Å²) >= 11 is 0. The van der Waals surface area contributed by atoms with Gasteiger partial charge < -0.3 is 9.64 Å². The van der Waals surface area contributed by atoms with E-state index in [0.717, 1.165) is 46.8 Å². The first kappa shape index (κ1) is 17.0. The quantitative estimate of drug-likeness (QED) is 0.723. The molecule has 136 valence electrons. The summed E-state index contributed by atoms with van der Waals surface area (Å²) in [5.41, 5.74) is 4.93. The van der Waals surface area contributed by atoms with Gasteiger partial charge in [0.2, 0.25) is 0 Å². The van der Waals surface area contributed by atoms with Gasteiger partial charge in [0.1, 0.15) is 5.82 Å². The van der Waals surface area contributed by atoms with Gasteiger partial charge >= 0.3 is 0 Å². The fraction of sp³-hybridized carbons (Fsp3) is 0.400. The van der Waals surface area contributed by atoms with Crippen LogP contribution in [0.1, 0.15) is 17.1 Å². The lowest BCUT2D eigenvalue weighted by Gasteiger charge is -2.35. The molecule has 0 N–H and O–H groups in total. The van der Waals surface area contributed by atoms with Gasteiger partial charge in [-0.05, 0) is 51.1 Å². The van der Waals surface area contributed by atoms with Crippen molar-refractivity contribution in [1.82, 2.24) is 14.8 Å². The normalized spacial score (nSPS) is 17.8. The van der Waals surface area contributed by atoms with Crippen LogP contribution in [0, 0.1) is 26.6 Å². The number of aromatic nitrogens is 3. The molecule has 1 aliphatic rings. The maximum atomic E-state index is 13.8. The number of halogens is 1. The molecule has 26 heavy (non-hydrogen) atoms. The number of rotatable bonds is 3. The van der Waals surface area contributed by atoms with Gasteiger partial charge in [0.15, 0.2) is 0 Å². The first-order valence-electron chi connectivity index (χ1n) is 8.94. The minimum absolute atomic E-state index is 0.0406. The van der Waals surface area contributed by atoms with Crippen LogP contribution in [-0.4, -0.2) is 40.6 Å². The Hall–Kier alpha value is -2.47. The van der Waals surface area contributed by atoms with E-state index in [-0.39, 0.29) is 11.9 Å². The molecular weight excluding hydrogens is 331 g/mol. The Morgan fingerprint density at radius 2 is 2.00 bits per heavy atom. The summed E-state index contributed by atoms with van der Waals surface area (Å²) in [6.45, 7) is 8.91. The van der Waals surface area contributed by atoms with Crippen LogP contribution in [0.3, 0.4) is 0 Å². The summed E-state index contributed by atoms with van der Waals surface area (Å²) in [5, 5.41) is 5.39. The molecule has 1 unspecified atom stereocenters. The van der Waals surface area contributed by atoms with Crippen molar-refractivity contribution in [1.29, 1.82) is 0 Å². The van der Waals surface area contributed by atoms with Gasteiger partial charge in [-0.25, -0.2) is 4.39 Å². The fourth-order valence-corrected chi connectivity index (χ4v) is 3.67. The summed E-state index contributed by atoms with van der Waals surface area (Å²) in [7, 11) is 0. The average molecular weight is 354 g/mol. The molecule has 1 aliphatic heterocycles. The smallest absolute Gasteiger partial charge is 0.124 e. The molecule has 0 radical (unpaired) electrons. The van der Waals surface area contributed by atoms with E-state index in [1.54, 1.807) is 12.1 Å². The first-order chi connectivity index (χ1) is 12.5. The number of hydrogen-bond acceptors (Lipinski definition) is 4. The molecule has 0 bridgehead atoms. The summed E-state index contributed by atoms with van der Waals surface area (Å²) in [5.74, 6) is -0.239. The zero-order valence-corrected chi connectivity index (χ0v) is 15.4. The van der Waals surface area contributed by atoms with Crippen molar-refractivity contribution in [2.24, 2.45) is 0 Å². The number of aryl methyl sites for hydroxylation is 3. The number of benzene rings is 1. The third-order valence-corrected chi connectivity index (χ3v) is 4.84. The van der Waals surface area contributed by atoms with E-state index in [2.05, 4.69) is 28.0 Å². The van der Waals surface area contributed by atoms with Gasteiger partial charge in [0, 0.05) is 35.6 Å². The fourth-order valence-electron chi connectivity index (χ4n) is 3.67. The van der Waals surface area contributed by atoms with E-state index in [1.165, 1.54) is 6.07 Å². The van der Waals surface area contributed by atoms with Gasteiger partial charge in [0.25, 0.3) is 0 Å². The molecule has 0 saturated carbocycles. The van der Waals surface area contributed by atoms with E-state index < -0.39 is 0 Å². The summed E-state index contributed by atoms with van der Waals surface area (Å²) in [6.07, 6.45) is 0.0406. The Kier molecular flexibility index (Phi) is 4.36. The zero-order chi connectivity index (χ0) is 18.3. The molecule has 1 fully saturated rings.